The van der Waals surface area contributed by atoms with Gasteiger partial charge in [0.1, 0.15) is 5.69 Å². The maximum atomic E-state index is 12.0. The molecule has 1 rings (SSSR count). The molecule has 0 radical (unpaired) electrons. The molecule has 4 heteroatoms. The third-order valence-corrected chi connectivity index (χ3v) is 2.72. The zero-order chi connectivity index (χ0) is 12.1. The summed E-state index contributed by atoms with van der Waals surface area (Å²) in [5.41, 5.74) is 6.35. The summed E-state index contributed by atoms with van der Waals surface area (Å²) in [4.78, 5) is 12.0. The Kier molecular flexibility index (Phi) is 4.68. The molecule has 1 atom stereocenters. The highest BCUT2D eigenvalue weighted by Crippen LogP contribution is 2.16. The summed E-state index contributed by atoms with van der Waals surface area (Å²) in [7, 11) is 1.78. The van der Waals surface area contributed by atoms with Gasteiger partial charge in [-0.15, -0.1) is 0 Å². The van der Waals surface area contributed by atoms with Gasteiger partial charge in [-0.1, -0.05) is 13.8 Å². The second kappa shape index (κ2) is 5.80. The van der Waals surface area contributed by atoms with E-state index in [1.165, 1.54) is 0 Å². The van der Waals surface area contributed by atoms with Crippen molar-refractivity contribution in [3.05, 3.63) is 18.0 Å². The second-order valence-electron chi connectivity index (χ2n) is 4.70. The van der Waals surface area contributed by atoms with Crippen molar-refractivity contribution < 1.29 is 4.79 Å². The minimum atomic E-state index is 0.135. The fourth-order valence-electron chi connectivity index (χ4n) is 1.94. The van der Waals surface area contributed by atoms with Crippen LogP contribution in [0.3, 0.4) is 0 Å². The van der Waals surface area contributed by atoms with Gasteiger partial charge in [0, 0.05) is 19.7 Å². The second-order valence-corrected chi connectivity index (χ2v) is 4.70. The van der Waals surface area contributed by atoms with Crippen LogP contribution in [0.2, 0.25) is 0 Å². The van der Waals surface area contributed by atoms with Gasteiger partial charge in [-0.05, 0) is 30.9 Å². The van der Waals surface area contributed by atoms with Gasteiger partial charge in [0.2, 0.25) is 0 Å². The molecule has 4 nitrogen and oxygen atoms in total. The lowest BCUT2D eigenvalue weighted by Crippen LogP contribution is -2.21. The molecule has 0 aromatic carbocycles. The number of carbonyl (C=O) groups excluding carboxylic acids is 1. The first-order chi connectivity index (χ1) is 7.54. The maximum Gasteiger partial charge on any atom is 0.181 e. The Labute approximate surface area is 96.8 Å². The van der Waals surface area contributed by atoms with Crippen LogP contribution in [0.4, 0.5) is 0 Å². The number of nitrogens with zero attached hydrogens (tertiary/aromatic N) is 2. The van der Waals surface area contributed by atoms with Crippen LogP contribution in [0.15, 0.2) is 12.3 Å². The van der Waals surface area contributed by atoms with Crippen molar-refractivity contribution in [2.75, 3.05) is 6.54 Å². The van der Waals surface area contributed by atoms with Crippen LogP contribution in [0, 0.1) is 11.8 Å². The number of carbonyl (C=O) groups is 1. The summed E-state index contributed by atoms with van der Waals surface area (Å²) in [6.45, 7) is 4.87. The quantitative estimate of drug-likeness (QED) is 0.745. The molecule has 1 aromatic heterocycles. The lowest BCUT2D eigenvalue weighted by molar-refractivity contribution is 0.0948. The third kappa shape index (κ3) is 3.45. The minimum absolute atomic E-state index is 0.135. The van der Waals surface area contributed by atoms with Crippen LogP contribution in [-0.2, 0) is 7.05 Å². The first kappa shape index (κ1) is 12.9. The standard InChI is InChI=1S/C12H21N3O/c1-9(2)6-10(8-13)7-12(16)11-4-5-14-15(11)3/h4-5,9-10H,6-8,13H2,1-3H3. The van der Waals surface area contributed by atoms with Gasteiger partial charge < -0.3 is 5.73 Å². The molecule has 0 spiro atoms. The number of nitrogens with two attached hydrogens (primary N) is 1. The molecule has 0 aliphatic carbocycles. The van der Waals surface area contributed by atoms with Crippen LogP contribution in [-0.4, -0.2) is 22.1 Å². The van der Waals surface area contributed by atoms with E-state index in [-0.39, 0.29) is 11.7 Å². The third-order valence-electron chi connectivity index (χ3n) is 2.72. The van der Waals surface area contributed by atoms with Crippen molar-refractivity contribution in [3.8, 4) is 0 Å². The van der Waals surface area contributed by atoms with Gasteiger partial charge in [0.25, 0.3) is 0 Å². The predicted molar refractivity (Wildman–Crippen MR) is 64.2 cm³/mol. The molecule has 2 N–H and O–H groups in total. The van der Waals surface area contributed by atoms with E-state index in [2.05, 4.69) is 18.9 Å². The highest BCUT2D eigenvalue weighted by Gasteiger charge is 2.17. The Morgan fingerprint density at radius 2 is 2.25 bits per heavy atom. The number of ketones is 1. The Bertz CT molecular complexity index is 344. The minimum Gasteiger partial charge on any atom is -0.330 e. The summed E-state index contributed by atoms with van der Waals surface area (Å²) >= 11 is 0. The summed E-state index contributed by atoms with van der Waals surface area (Å²) in [5, 5.41) is 4.00. The SMILES string of the molecule is CC(C)CC(CN)CC(=O)c1ccnn1C. The van der Waals surface area contributed by atoms with E-state index >= 15 is 0 Å². The molecule has 0 fully saturated rings. The average Bonchev–Trinajstić information content (AvgIpc) is 2.62. The number of aromatic nitrogens is 2. The van der Waals surface area contributed by atoms with Crippen molar-refractivity contribution in [3.63, 3.8) is 0 Å². The van der Waals surface area contributed by atoms with E-state index in [9.17, 15) is 4.79 Å². The van der Waals surface area contributed by atoms with Crippen molar-refractivity contribution in [1.29, 1.82) is 0 Å². The van der Waals surface area contributed by atoms with Crippen LogP contribution >= 0.6 is 0 Å². The van der Waals surface area contributed by atoms with E-state index in [4.69, 9.17) is 5.73 Å². The van der Waals surface area contributed by atoms with Crippen molar-refractivity contribution >= 4 is 5.78 Å². The molecule has 0 aliphatic rings. The zero-order valence-corrected chi connectivity index (χ0v) is 10.3. The molecule has 0 aliphatic heterocycles. The van der Waals surface area contributed by atoms with Crippen LogP contribution in [0.5, 0.6) is 0 Å². The van der Waals surface area contributed by atoms with E-state index < -0.39 is 0 Å². The molecule has 0 bridgehead atoms. The topological polar surface area (TPSA) is 60.9 Å². The number of Topliss-reactive ketones (excluding diaryl/α,β-unsaturated/α-hetero) is 1. The zero-order valence-electron chi connectivity index (χ0n) is 10.3. The van der Waals surface area contributed by atoms with Crippen LogP contribution in [0.25, 0.3) is 0 Å². The van der Waals surface area contributed by atoms with E-state index in [1.807, 2.05) is 0 Å². The highest BCUT2D eigenvalue weighted by atomic mass is 16.1. The Morgan fingerprint density at radius 1 is 1.56 bits per heavy atom. The largest absolute Gasteiger partial charge is 0.330 e. The fourth-order valence-corrected chi connectivity index (χ4v) is 1.94. The monoisotopic (exact) mass is 223 g/mol. The maximum absolute atomic E-state index is 12.0. The van der Waals surface area contributed by atoms with Crippen LogP contribution < -0.4 is 5.73 Å². The molecule has 1 unspecified atom stereocenters. The normalized spacial score (nSPS) is 13.1. The molecule has 1 aromatic rings. The summed E-state index contributed by atoms with van der Waals surface area (Å²) in [6.07, 6.45) is 3.17. The Morgan fingerprint density at radius 3 is 2.69 bits per heavy atom. The van der Waals surface area contributed by atoms with E-state index in [0.717, 1.165) is 6.42 Å². The molecule has 1 heterocycles. The van der Waals surface area contributed by atoms with Crippen molar-refractivity contribution in [2.24, 2.45) is 24.6 Å². The van der Waals surface area contributed by atoms with Gasteiger partial charge in [-0.25, -0.2) is 0 Å². The highest BCUT2D eigenvalue weighted by molar-refractivity contribution is 5.94. The van der Waals surface area contributed by atoms with Crippen molar-refractivity contribution in [2.45, 2.75) is 26.7 Å². The number of hydrogen-bond acceptors (Lipinski definition) is 3. The number of rotatable bonds is 6. The lowest BCUT2D eigenvalue weighted by atomic mass is 9.92. The Balaban J connectivity index is 2.59. The van der Waals surface area contributed by atoms with Gasteiger partial charge >= 0.3 is 0 Å². The molecule has 90 valence electrons. The lowest BCUT2D eigenvalue weighted by Gasteiger charge is -2.15. The number of hydrogen-bond donors (Lipinski definition) is 1. The van der Waals surface area contributed by atoms with Gasteiger partial charge in [-0.2, -0.15) is 5.10 Å². The first-order valence-corrected chi connectivity index (χ1v) is 5.75. The van der Waals surface area contributed by atoms with Gasteiger partial charge in [-0.3, -0.25) is 9.48 Å². The predicted octanol–water partition coefficient (Wildman–Crippen LogP) is 1.61. The summed E-state index contributed by atoms with van der Waals surface area (Å²) in [6, 6.07) is 1.76. The average molecular weight is 223 g/mol. The molecular weight excluding hydrogens is 202 g/mol. The van der Waals surface area contributed by atoms with Gasteiger partial charge in [0.15, 0.2) is 5.78 Å². The fraction of sp³-hybridized carbons (Fsp3) is 0.667. The molecule has 0 saturated heterocycles. The summed E-state index contributed by atoms with van der Waals surface area (Å²) < 4.78 is 1.62. The van der Waals surface area contributed by atoms with E-state index in [0.29, 0.717) is 24.6 Å². The van der Waals surface area contributed by atoms with Gasteiger partial charge in [0.05, 0.1) is 0 Å². The Hall–Kier alpha value is -1.16. The van der Waals surface area contributed by atoms with Crippen molar-refractivity contribution in [1.82, 2.24) is 9.78 Å². The molecular formula is C12H21N3O. The number of aryl methyl sites for hydroxylation is 1. The smallest absolute Gasteiger partial charge is 0.181 e. The van der Waals surface area contributed by atoms with E-state index in [1.54, 1.807) is 24.0 Å². The molecule has 16 heavy (non-hydrogen) atoms. The molecule has 0 amide bonds. The van der Waals surface area contributed by atoms with Crippen LogP contribution in [0.1, 0.15) is 37.2 Å². The molecule has 0 saturated carbocycles. The summed E-state index contributed by atoms with van der Waals surface area (Å²) in [5.74, 6) is 0.992. The first-order valence-electron chi connectivity index (χ1n) is 5.75.